The zero-order chi connectivity index (χ0) is 19.3. The van der Waals surface area contributed by atoms with E-state index in [0.717, 1.165) is 5.56 Å². The van der Waals surface area contributed by atoms with Crippen molar-refractivity contribution in [3.63, 3.8) is 0 Å². The van der Waals surface area contributed by atoms with Gasteiger partial charge in [-0.2, -0.15) is 10.1 Å². The summed E-state index contributed by atoms with van der Waals surface area (Å²) in [4.78, 5) is 8.34. The number of nitrogens with zero attached hydrogens (tertiary/aromatic N) is 3. The summed E-state index contributed by atoms with van der Waals surface area (Å²) in [6.45, 7) is 1.72. The molecule has 0 aliphatic carbocycles. The molecule has 0 amide bonds. The topological polar surface area (TPSA) is 117 Å². The average molecular weight is 383 g/mol. The molecule has 0 saturated carbocycles. The molecule has 138 valence electrons. The van der Waals surface area contributed by atoms with Crippen molar-refractivity contribution < 1.29 is 13.5 Å². The van der Waals surface area contributed by atoms with E-state index >= 15 is 0 Å². The van der Waals surface area contributed by atoms with Gasteiger partial charge in [-0.05, 0) is 48.9 Å². The minimum atomic E-state index is -3.78. The first-order valence-corrected chi connectivity index (χ1v) is 9.42. The van der Waals surface area contributed by atoms with Crippen molar-refractivity contribution in [1.29, 1.82) is 0 Å². The maximum atomic E-state index is 12.4. The van der Waals surface area contributed by atoms with Crippen molar-refractivity contribution >= 4 is 28.0 Å². The van der Waals surface area contributed by atoms with Gasteiger partial charge in [0.15, 0.2) is 5.82 Å². The molecule has 27 heavy (non-hydrogen) atoms. The summed E-state index contributed by atoms with van der Waals surface area (Å²) in [5, 5.41) is 13.3. The number of aromatic nitrogens is 2. The van der Waals surface area contributed by atoms with Gasteiger partial charge in [0.05, 0.1) is 11.1 Å². The zero-order valence-electron chi connectivity index (χ0n) is 14.4. The van der Waals surface area contributed by atoms with E-state index < -0.39 is 10.0 Å². The normalized spacial score (nSPS) is 11.4. The van der Waals surface area contributed by atoms with Crippen molar-refractivity contribution in [3.05, 3.63) is 71.9 Å². The Hall–Kier alpha value is -3.46. The van der Waals surface area contributed by atoms with Crippen LogP contribution < -0.4 is 10.1 Å². The molecule has 0 aliphatic rings. The predicted octanol–water partition coefficient (Wildman–Crippen LogP) is 2.74. The summed E-state index contributed by atoms with van der Waals surface area (Å²) in [5.41, 5.74) is 4.08. The third-order valence-corrected chi connectivity index (χ3v) is 4.76. The molecule has 0 fully saturated rings. The Labute approximate surface area is 156 Å². The minimum Gasteiger partial charge on any atom is -0.508 e. The third kappa shape index (κ3) is 5.02. The lowest BCUT2D eigenvalue weighted by atomic mass is 10.2. The molecular formula is C18H17N5O3S. The van der Waals surface area contributed by atoms with E-state index in [9.17, 15) is 13.5 Å². The summed E-state index contributed by atoms with van der Waals surface area (Å²) >= 11 is 0. The smallest absolute Gasteiger partial charge is 0.264 e. The van der Waals surface area contributed by atoms with E-state index in [1.807, 2.05) is 0 Å². The highest BCUT2D eigenvalue weighted by atomic mass is 32.2. The van der Waals surface area contributed by atoms with Gasteiger partial charge in [0.25, 0.3) is 10.0 Å². The summed E-state index contributed by atoms with van der Waals surface area (Å²) < 4.78 is 27.1. The van der Waals surface area contributed by atoms with Gasteiger partial charge in [-0.1, -0.05) is 18.2 Å². The Morgan fingerprint density at radius 3 is 2.44 bits per heavy atom. The zero-order valence-corrected chi connectivity index (χ0v) is 15.2. The summed E-state index contributed by atoms with van der Waals surface area (Å²) in [6, 6.07) is 16.1. The second-order valence-corrected chi connectivity index (χ2v) is 7.28. The number of benzene rings is 2. The SMILES string of the molecule is Cc1cc(N/N=C\c2ccc(O)cc2)nc(NS(=O)(=O)c2ccccc2)n1. The van der Waals surface area contributed by atoms with E-state index in [2.05, 4.69) is 25.2 Å². The molecule has 3 rings (SSSR count). The van der Waals surface area contributed by atoms with E-state index in [-0.39, 0.29) is 16.6 Å². The van der Waals surface area contributed by atoms with Gasteiger partial charge < -0.3 is 5.11 Å². The molecule has 0 aliphatic heterocycles. The van der Waals surface area contributed by atoms with Gasteiger partial charge in [0.2, 0.25) is 5.95 Å². The molecule has 0 unspecified atom stereocenters. The Morgan fingerprint density at radius 1 is 1.04 bits per heavy atom. The summed E-state index contributed by atoms with van der Waals surface area (Å²) in [7, 11) is -3.78. The van der Waals surface area contributed by atoms with Gasteiger partial charge in [-0.15, -0.1) is 0 Å². The molecule has 3 N–H and O–H groups in total. The van der Waals surface area contributed by atoms with Crippen LogP contribution in [-0.4, -0.2) is 29.7 Å². The highest BCUT2D eigenvalue weighted by molar-refractivity contribution is 7.92. The maximum absolute atomic E-state index is 12.4. The molecule has 8 nitrogen and oxygen atoms in total. The second kappa shape index (κ2) is 7.83. The molecule has 9 heteroatoms. The Balaban J connectivity index is 1.75. The average Bonchev–Trinajstić information content (AvgIpc) is 2.63. The van der Waals surface area contributed by atoms with Crippen molar-refractivity contribution in [2.45, 2.75) is 11.8 Å². The fourth-order valence-corrected chi connectivity index (χ4v) is 3.15. The van der Waals surface area contributed by atoms with Crippen LogP contribution >= 0.6 is 0 Å². The van der Waals surface area contributed by atoms with Crippen molar-refractivity contribution in [2.24, 2.45) is 5.10 Å². The molecule has 1 aromatic heterocycles. The van der Waals surface area contributed by atoms with Gasteiger partial charge in [0, 0.05) is 11.8 Å². The van der Waals surface area contributed by atoms with Crippen LogP contribution in [0.25, 0.3) is 0 Å². The van der Waals surface area contributed by atoms with Gasteiger partial charge >= 0.3 is 0 Å². The highest BCUT2D eigenvalue weighted by Gasteiger charge is 2.15. The van der Waals surface area contributed by atoms with Crippen LogP contribution in [0.5, 0.6) is 5.75 Å². The van der Waals surface area contributed by atoms with Crippen LogP contribution in [0.15, 0.2) is 70.7 Å². The van der Waals surface area contributed by atoms with E-state index in [4.69, 9.17) is 0 Å². The van der Waals surface area contributed by atoms with Crippen LogP contribution in [0.1, 0.15) is 11.3 Å². The number of hydrogen-bond donors (Lipinski definition) is 3. The van der Waals surface area contributed by atoms with Gasteiger partial charge in [-0.3, -0.25) is 5.43 Å². The first-order valence-electron chi connectivity index (χ1n) is 7.94. The Bertz CT molecular complexity index is 1050. The van der Waals surface area contributed by atoms with Crippen LogP contribution in [0.4, 0.5) is 11.8 Å². The number of sulfonamides is 1. The maximum Gasteiger partial charge on any atom is 0.264 e. The molecule has 1 heterocycles. The predicted molar refractivity (Wildman–Crippen MR) is 103 cm³/mol. The van der Waals surface area contributed by atoms with Crippen LogP contribution in [0.3, 0.4) is 0 Å². The fourth-order valence-electron chi connectivity index (χ4n) is 2.18. The third-order valence-electron chi connectivity index (χ3n) is 3.42. The Kier molecular flexibility index (Phi) is 5.32. The molecular weight excluding hydrogens is 366 g/mol. The molecule has 2 aromatic carbocycles. The standard InChI is InChI=1S/C18H17N5O3S/c1-13-11-17(22-19-12-14-7-9-15(24)10-8-14)21-18(20-13)23-27(25,26)16-5-3-2-4-6-16/h2-12,24H,1H3,(H2,20,21,22,23)/b19-12-. The second-order valence-electron chi connectivity index (χ2n) is 5.60. The largest absolute Gasteiger partial charge is 0.508 e. The quantitative estimate of drug-likeness (QED) is 0.445. The van der Waals surface area contributed by atoms with E-state index in [1.54, 1.807) is 61.7 Å². The highest BCUT2D eigenvalue weighted by Crippen LogP contribution is 2.15. The number of anilines is 2. The lowest BCUT2D eigenvalue weighted by Crippen LogP contribution is -2.15. The molecule has 0 radical (unpaired) electrons. The minimum absolute atomic E-state index is 0.0545. The van der Waals surface area contributed by atoms with Crippen LogP contribution in [-0.2, 0) is 10.0 Å². The number of aryl methyl sites for hydroxylation is 1. The van der Waals surface area contributed by atoms with E-state index in [0.29, 0.717) is 11.5 Å². The number of rotatable bonds is 6. The number of hydrazone groups is 1. The van der Waals surface area contributed by atoms with Crippen LogP contribution in [0, 0.1) is 6.92 Å². The van der Waals surface area contributed by atoms with Gasteiger partial charge in [0.1, 0.15) is 5.75 Å². The summed E-state index contributed by atoms with van der Waals surface area (Å²) in [6.07, 6.45) is 1.55. The summed E-state index contributed by atoms with van der Waals surface area (Å²) in [5.74, 6) is 0.450. The number of nitrogens with one attached hydrogen (secondary N) is 2. The van der Waals surface area contributed by atoms with Crippen molar-refractivity contribution in [3.8, 4) is 5.75 Å². The molecule has 3 aromatic rings. The first-order chi connectivity index (χ1) is 12.9. The van der Waals surface area contributed by atoms with Gasteiger partial charge in [-0.25, -0.2) is 18.1 Å². The van der Waals surface area contributed by atoms with Crippen LogP contribution in [0.2, 0.25) is 0 Å². The molecule has 0 bridgehead atoms. The molecule has 0 saturated heterocycles. The number of phenolic OH excluding ortho intramolecular Hbond substituents is 1. The van der Waals surface area contributed by atoms with Crippen molar-refractivity contribution in [2.75, 3.05) is 10.1 Å². The fraction of sp³-hybridized carbons (Fsp3) is 0.0556. The molecule has 0 atom stereocenters. The number of aromatic hydroxyl groups is 1. The van der Waals surface area contributed by atoms with E-state index in [1.165, 1.54) is 12.1 Å². The lowest BCUT2D eigenvalue weighted by Gasteiger charge is -2.08. The monoisotopic (exact) mass is 383 g/mol. The lowest BCUT2D eigenvalue weighted by molar-refractivity contribution is 0.475. The Morgan fingerprint density at radius 2 is 1.74 bits per heavy atom. The number of phenols is 1. The van der Waals surface area contributed by atoms with Crippen molar-refractivity contribution in [1.82, 2.24) is 9.97 Å². The number of hydrogen-bond acceptors (Lipinski definition) is 7. The molecule has 0 spiro atoms. The first kappa shape index (κ1) is 18.3.